The van der Waals surface area contributed by atoms with E-state index in [1.165, 1.54) is 0 Å². The molecule has 2 aromatic carbocycles. The summed E-state index contributed by atoms with van der Waals surface area (Å²) in [6.07, 6.45) is 5.81. The van der Waals surface area contributed by atoms with Crippen LogP contribution >= 0.6 is 0 Å². The Morgan fingerprint density at radius 2 is 1.64 bits per heavy atom. The lowest BCUT2D eigenvalue weighted by Gasteiger charge is -2.08. The van der Waals surface area contributed by atoms with Gasteiger partial charge in [0.1, 0.15) is 0 Å². The lowest BCUT2D eigenvalue weighted by molar-refractivity contribution is 0.355. The van der Waals surface area contributed by atoms with Crippen LogP contribution in [0, 0.1) is 11.3 Å². The Morgan fingerprint density at radius 1 is 0.960 bits per heavy atom. The molecule has 0 aliphatic rings. The first-order chi connectivity index (χ1) is 12.2. The van der Waals surface area contributed by atoms with Gasteiger partial charge in [0.15, 0.2) is 11.5 Å². The highest BCUT2D eigenvalue weighted by atomic mass is 16.5. The van der Waals surface area contributed by atoms with Gasteiger partial charge in [-0.3, -0.25) is 0 Å². The molecule has 0 saturated heterocycles. The lowest BCUT2D eigenvalue weighted by atomic mass is 10.0. The average Bonchev–Trinajstić information content (AvgIpc) is 3.21. The van der Waals surface area contributed by atoms with Gasteiger partial charge in [-0.25, -0.2) is 0 Å². The van der Waals surface area contributed by atoms with Gasteiger partial charge in [0.25, 0.3) is 0 Å². The number of methoxy groups -OCH3 is 2. The zero-order chi connectivity index (χ0) is 17.6. The van der Waals surface area contributed by atoms with Crippen molar-refractivity contribution in [3.8, 4) is 23.3 Å². The Bertz CT molecular complexity index is 918. The van der Waals surface area contributed by atoms with Gasteiger partial charge >= 0.3 is 0 Å². The van der Waals surface area contributed by atoms with Gasteiger partial charge in [0.2, 0.25) is 0 Å². The molecular weight excluding hydrogens is 312 g/mol. The number of allylic oxidation sites excluding steroid dienone is 1. The van der Waals surface area contributed by atoms with Crippen molar-refractivity contribution in [3.63, 3.8) is 0 Å². The van der Waals surface area contributed by atoms with Gasteiger partial charge in [-0.1, -0.05) is 18.2 Å². The van der Waals surface area contributed by atoms with E-state index < -0.39 is 0 Å². The highest BCUT2D eigenvalue weighted by Crippen LogP contribution is 2.29. The van der Waals surface area contributed by atoms with Crippen LogP contribution in [-0.4, -0.2) is 18.8 Å². The van der Waals surface area contributed by atoms with E-state index in [1.54, 1.807) is 14.2 Å². The molecule has 0 saturated carbocycles. The molecule has 1 heterocycles. The minimum Gasteiger partial charge on any atom is -0.493 e. The fourth-order valence-corrected chi connectivity index (χ4v) is 2.61. The van der Waals surface area contributed by atoms with Crippen LogP contribution in [0.15, 0.2) is 67.0 Å². The van der Waals surface area contributed by atoms with Crippen molar-refractivity contribution < 1.29 is 9.47 Å². The molecular formula is C21H18N2O2. The molecule has 3 rings (SSSR count). The number of aromatic nitrogens is 1. The molecule has 0 spiro atoms. The third-order valence-electron chi connectivity index (χ3n) is 3.92. The van der Waals surface area contributed by atoms with Crippen molar-refractivity contribution in [1.29, 1.82) is 5.26 Å². The molecule has 124 valence electrons. The second kappa shape index (κ2) is 7.41. The number of benzene rings is 2. The molecule has 0 N–H and O–H groups in total. The third kappa shape index (κ3) is 3.56. The highest BCUT2D eigenvalue weighted by Gasteiger charge is 2.06. The molecule has 25 heavy (non-hydrogen) atoms. The SMILES string of the molecule is COc1ccc(/C=C(\C#N)c2ccc(-n3cccc3)cc2)cc1OC. The molecule has 0 radical (unpaired) electrons. The molecule has 4 heteroatoms. The van der Waals surface area contributed by atoms with Crippen LogP contribution in [0.2, 0.25) is 0 Å². The van der Waals surface area contributed by atoms with E-state index in [0.717, 1.165) is 16.8 Å². The predicted molar refractivity (Wildman–Crippen MR) is 98.8 cm³/mol. The van der Waals surface area contributed by atoms with Crippen molar-refractivity contribution in [1.82, 2.24) is 4.57 Å². The molecule has 0 aliphatic carbocycles. The molecule has 3 aromatic rings. The van der Waals surface area contributed by atoms with E-state index >= 15 is 0 Å². The molecule has 0 unspecified atom stereocenters. The van der Waals surface area contributed by atoms with Gasteiger partial charge in [-0.2, -0.15) is 5.26 Å². The smallest absolute Gasteiger partial charge is 0.161 e. The topological polar surface area (TPSA) is 47.2 Å². The molecule has 0 bridgehead atoms. The number of hydrogen-bond acceptors (Lipinski definition) is 3. The van der Waals surface area contributed by atoms with Gasteiger partial charge in [0, 0.05) is 18.1 Å². The predicted octanol–water partition coefficient (Wildman–Crippen LogP) is 4.56. The minimum absolute atomic E-state index is 0.589. The Balaban J connectivity index is 1.92. The minimum atomic E-state index is 0.589. The number of nitriles is 1. The second-order valence-corrected chi connectivity index (χ2v) is 5.42. The Hall–Kier alpha value is -3.45. The summed E-state index contributed by atoms with van der Waals surface area (Å²) in [6, 6.07) is 19.7. The van der Waals surface area contributed by atoms with E-state index in [0.29, 0.717) is 17.1 Å². The van der Waals surface area contributed by atoms with Crippen LogP contribution in [0.1, 0.15) is 11.1 Å². The molecule has 4 nitrogen and oxygen atoms in total. The first-order valence-corrected chi connectivity index (χ1v) is 7.83. The second-order valence-electron chi connectivity index (χ2n) is 5.42. The first kappa shape index (κ1) is 16.4. The van der Waals surface area contributed by atoms with Crippen molar-refractivity contribution >= 4 is 11.6 Å². The molecule has 0 atom stereocenters. The van der Waals surface area contributed by atoms with Crippen LogP contribution < -0.4 is 9.47 Å². The third-order valence-corrected chi connectivity index (χ3v) is 3.92. The maximum atomic E-state index is 9.54. The quantitative estimate of drug-likeness (QED) is 0.509. The summed E-state index contributed by atoms with van der Waals surface area (Å²) in [4.78, 5) is 0. The Labute approximate surface area is 147 Å². The zero-order valence-corrected chi connectivity index (χ0v) is 14.1. The van der Waals surface area contributed by atoms with Crippen LogP contribution in [0.25, 0.3) is 17.3 Å². The standard InChI is InChI=1S/C21H18N2O2/c1-24-20-10-5-16(14-21(20)25-2)13-18(15-22)17-6-8-19(9-7-17)23-11-3-4-12-23/h3-14H,1-2H3/b18-13+. The first-order valence-electron chi connectivity index (χ1n) is 7.83. The lowest BCUT2D eigenvalue weighted by Crippen LogP contribution is -1.91. The largest absolute Gasteiger partial charge is 0.493 e. The van der Waals surface area contributed by atoms with Crippen molar-refractivity contribution in [2.45, 2.75) is 0 Å². The monoisotopic (exact) mass is 330 g/mol. The van der Waals surface area contributed by atoms with Gasteiger partial charge < -0.3 is 14.0 Å². The summed E-state index contributed by atoms with van der Waals surface area (Å²) in [6.45, 7) is 0. The van der Waals surface area contributed by atoms with Crippen molar-refractivity contribution in [2.24, 2.45) is 0 Å². The normalized spacial score (nSPS) is 11.0. The van der Waals surface area contributed by atoms with E-state index in [1.807, 2.05) is 77.6 Å². The van der Waals surface area contributed by atoms with E-state index in [2.05, 4.69) is 6.07 Å². The fraction of sp³-hybridized carbons (Fsp3) is 0.0952. The van der Waals surface area contributed by atoms with E-state index in [4.69, 9.17) is 9.47 Å². The van der Waals surface area contributed by atoms with Gasteiger partial charge in [0.05, 0.1) is 25.9 Å². The van der Waals surface area contributed by atoms with Crippen LogP contribution in [0.4, 0.5) is 0 Å². The summed E-state index contributed by atoms with van der Waals surface area (Å²) in [5.74, 6) is 1.30. The van der Waals surface area contributed by atoms with Crippen LogP contribution in [0.5, 0.6) is 11.5 Å². The molecule has 1 aromatic heterocycles. The average molecular weight is 330 g/mol. The van der Waals surface area contributed by atoms with E-state index in [9.17, 15) is 5.26 Å². The number of nitrogens with zero attached hydrogens (tertiary/aromatic N) is 2. The summed E-state index contributed by atoms with van der Waals surface area (Å²) in [7, 11) is 3.19. The number of ether oxygens (including phenoxy) is 2. The summed E-state index contributed by atoms with van der Waals surface area (Å²) in [5, 5.41) is 9.54. The molecule has 0 amide bonds. The Morgan fingerprint density at radius 3 is 2.24 bits per heavy atom. The maximum absolute atomic E-state index is 9.54. The Kier molecular flexibility index (Phi) is 4.87. The maximum Gasteiger partial charge on any atom is 0.161 e. The van der Waals surface area contributed by atoms with Crippen LogP contribution in [-0.2, 0) is 0 Å². The van der Waals surface area contributed by atoms with Crippen molar-refractivity contribution in [3.05, 3.63) is 78.1 Å². The number of hydrogen-bond donors (Lipinski definition) is 0. The molecule has 0 aliphatic heterocycles. The van der Waals surface area contributed by atoms with E-state index in [-0.39, 0.29) is 0 Å². The fourth-order valence-electron chi connectivity index (χ4n) is 2.61. The van der Waals surface area contributed by atoms with Crippen LogP contribution in [0.3, 0.4) is 0 Å². The highest BCUT2D eigenvalue weighted by molar-refractivity contribution is 5.90. The summed E-state index contributed by atoms with van der Waals surface area (Å²) in [5.41, 5.74) is 3.39. The van der Waals surface area contributed by atoms with Gasteiger partial charge in [-0.15, -0.1) is 0 Å². The molecule has 0 fully saturated rings. The van der Waals surface area contributed by atoms with Gasteiger partial charge in [-0.05, 0) is 53.6 Å². The zero-order valence-electron chi connectivity index (χ0n) is 14.1. The van der Waals surface area contributed by atoms with Crippen molar-refractivity contribution in [2.75, 3.05) is 14.2 Å². The number of rotatable bonds is 5. The summed E-state index contributed by atoms with van der Waals surface area (Å²) < 4.78 is 12.6. The summed E-state index contributed by atoms with van der Waals surface area (Å²) >= 11 is 0.